The number of carbonyl (C=O) groups excluding carboxylic acids is 1. The third-order valence-corrected chi connectivity index (χ3v) is 4.24. The summed E-state index contributed by atoms with van der Waals surface area (Å²) in [6.45, 7) is 1.86. The Labute approximate surface area is 172 Å². The number of hydrogen-bond donors (Lipinski definition) is 3. The average Bonchev–Trinajstić information content (AvgIpc) is 2.56. The summed E-state index contributed by atoms with van der Waals surface area (Å²) in [6.07, 6.45) is 6.98. The molecule has 0 spiro atoms. The molecule has 1 aromatic carbocycles. The standard InChI is InChI=1S/C17H24N4O3S.HI/c1-5-14-7-6-8-15(11-14)21-16(22)12-19-17(18-3)20-13(2)9-10-25(4,23)24;/h1,6-8,11,13H,9-10,12H2,2-4H3,(H,21,22)(H2,18,19,20);1H. The number of nitrogens with one attached hydrogen (secondary N) is 3. The van der Waals surface area contributed by atoms with Gasteiger partial charge in [0, 0.05) is 30.6 Å². The van der Waals surface area contributed by atoms with Crippen LogP contribution in [-0.4, -0.2) is 51.9 Å². The predicted molar refractivity (Wildman–Crippen MR) is 117 cm³/mol. The van der Waals surface area contributed by atoms with Crippen LogP contribution in [0.2, 0.25) is 0 Å². The average molecular weight is 492 g/mol. The van der Waals surface area contributed by atoms with Gasteiger partial charge in [0.25, 0.3) is 0 Å². The molecule has 0 fully saturated rings. The van der Waals surface area contributed by atoms with E-state index < -0.39 is 9.84 Å². The van der Waals surface area contributed by atoms with Crippen LogP contribution in [0.1, 0.15) is 18.9 Å². The van der Waals surface area contributed by atoms with E-state index in [2.05, 4.69) is 26.9 Å². The van der Waals surface area contributed by atoms with Crippen molar-refractivity contribution in [1.82, 2.24) is 10.6 Å². The number of nitrogens with zero attached hydrogens (tertiary/aromatic N) is 1. The Morgan fingerprint density at radius 3 is 2.65 bits per heavy atom. The van der Waals surface area contributed by atoms with Crippen molar-refractivity contribution in [2.75, 3.05) is 30.9 Å². The van der Waals surface area contributed by atoms with Crippen LogP contribution in [0.4, 0.5) is 5.69 Å². The fraction of sp³-hybridized carbons (Fsp3) is 0.412. The molecule has 3 N–H and O–H groups in total. The minimum Gasteiger partial charge on any atom is -0.354 e. The summed E-state index contributed by atoms with van der Waals surface area (Å²) in [6, 6.07) is 6.90. The van der Waals surface area contributed by atoms with Crippen LogP contribution in [-0.2, 0) is 14.6 Å². The molecule has 0 bridgehead atoms. The van der Waals surface area contributed by atoms with Gasteiger partial charge in [-0.05, 0) is 31.5 Å². The summed E-state index contributed by atoms with van der Waals surface area (Å²) in [5.74, 6) is 2.77. The number of rotatable bonds is 7. The van der Waals surface area contributed by atoms with Crippen molar-refractivity contribution in [2.24, 2.45) is 4.99 Å². The highest BCUT2D eigenvalue weighted by atomic mass is 127. The lowest BCUT2D eigenvalue weighted by Crippen LogP contribution is -2.45. The number of aliphatic imine (C=N–C) groups is 1. The predicted octanol–water partition coefficient (Wildman–Crippen LogP) is 1.21. The van der Waals surface area contributed by atoms with Gasteiger partial charge < -0.3 is 16.0 Å². The largest absolute Gasteiger partial charge is 0.354 e. The summed E-state index contributed by atoms with van der Waals surface area (Å²) in [5, 5.41) is 8.66. The molecular formula is C17H25IN4O3S. The lowest BCUT2D eigenvalue weighted by Gasteiger charge is -2.17. The number of carbonyl (C=O) groups is 1. The number of hydrogen-bond acceptors (Lipinski definition) is 4. The van der Waals surface area contributed by atoms with Gasteiger partial charge in [0.2, 0.25) is 5.91 Å². The number of terminal acetylenes is 1. The Bertz CT molecular complexity index is 772. The van der Waals surface area contributed by atoms with Gasteiger partial charge in [-0.15, -0.1) is 30.4 Å². The van der Waals surface area contributed by atoms with Crippen molar-refractivity contribution < 1.29 is 13.2 Å². The minimum atomic E-state index is -3.01. The second-order valence-electron chi connectivity index (χ2n) is 5.66. The number of anilines is 1. The van der Waals surface area contributed by atoms with Crippen LogP contribution in [0, 0.1) is 12.3 Å². The first-order valence-electron chi connectivity index (χ1n) is 7.75. The van der Waals surface area contributed by atoms with Gasteiger partial charge in [0.1, 0.15) is 9.84 Å². The van der Waals surface area contributed by atoms with Crippen LogP contribution in [0.15, 0.2) is 29.3 Å². The van der Waals surface area contributed by atoms with Gasteiger partial charge in [-0.2, -0.15) is 0 Å². The number of sulfone groups is 1. The summed E-state index contributed by atoms with van der Waals surface area (Å²) in [5.41, 5.74) is 1.30. The Morgan fingerprint density at radius 1 is 1.38 bits per heavy atom. The number of halogens is 1. The fourth-order valence-corrected chi connectivity index (χ4v) is 2.73. The first-order chi connectivity index (χ1) is 11.7. The summed E-state index contributed by atoms with van der Waals surface area (Å²) >= 11 is 0. The molecule has 0 aliphatic rings. The van der Waals surface area contributed by atoms with E-state index in [-0.39, 0.29) is 48.2 Å². The quantitative estimate of drug-likeness (QED) is 0.230. The highest BCUT2D eigenvalue weighted by Gasteiger charge is 2.10. The Kier molecular flexibility index (Phi) is 10.9. The normalized spacial score (nSPS) is 12.3. The Hall–Kier alpha value is -1.80. The maximum atomic E-state index is 12.0. The van der Waals surface area contributed by atoms with Crippen molar-refractivity contribution in [1.29, 1.82) is 0 Å². The number of amides is 1. The van der Waals surface area contributed by atoms with Gasteiger partial charge >= 0.3 is 0 Å². The topological polar surface area (TPSA) is 99.7 Å². The maximum absolute atomic E-state index is 12.0. The molecule has 1 unspecified atom stereocenters. The summed E-state index contributed by atoms with van der Waals surface area (Å²) < 4.78 is 22.4. The SMILES string of the molecule is C#Cc1cccc(NC(=O)CNC(=NC)NC(C)CCS(C)(=O)=O)c1.I. The van der Waals surface area contributed by atoms with E-state index >= 15 is 0 Å². The van der Waals surface area contributed by atoms with Gasteiger partial charge in [0.15, 0.2) is 5.96 Å². The molecule has 144 valence electrons. The zero-order valence-corrected chi connectivity index (χ0v) is 18.2. The highest BCUT2D eigenvalue weighted by Crippen LogP contribution is 2.09. The van der Waals surface area contributed by atoms with E-state index in [4.69, 9.17) is 6.42 Å². The summed E-state index contributed by atoms with van der Waals surface area (Å²) in [7, 11) is -1.43. The van der Waals surface area contributed by atoms with E-state index in [1.165, 1.54) is 6.26 Å². The van der Waals surface area contributed by atoms with Gasteiger partial charge in [0.05, 0.1) is 12.3 Å². The molecule has 0 heterocycles. The lowest BCUT2D eigenvalue weighted by atomic mass is 10.2. The molecule has 7 nitrogen and oxygen atoms in total. The van der Waals surface area contributed by atoms with Crippen molar-refractivity contribution in [2.45, 2.75) is 19.4 Å². The molecule has 0 saturated carbocycles. The van der Waals surface area contributed by atoms with Gasteiger partial charge in [-0.3, -0.25) is 9.79 Å². The molecule has 1 rings (SSSR count). The first kappa shape index (κ1) is 24.2. The van der Waals surface area contributed by atoms with Gasteiger partial charge in [-0.1, -0.05) is 12.0 Å². The van der Waals surface area contributed by atoms with E-state index in [1.54, 1.807) is 31.3 Å². The Morgan fingerprint density at radius 2 is 2.08 bits per heavy atom. The van der Waals surface area contributed by atoms with Crippen LogP contribution in [0.25, 0.3) is 0 Å². The van der Waals surface area contributed by atoms with Crippen LogP contribution < -0.4 is 16.0 Å². The number of guanidine groups is 1. The minimum absolute atomic E-state index is 0. The van der Waals surface area contributed by atoms with Crippen molar-refractivity contribution in [3.05, 3.63) is 29.8 Å². The third kappa shape index (κ3) is 10.2. The van der Waals surface area contributed by atoms with E-state index in [1.807, 2.05) is 6.92 Å². The summed E-state index contributed by atoms with van der Waals surface area (Å²) in [4.78, 5) is 16.0. The van der Waals surface area contributed by atoms with E-state index in [0.717, 1.165) is 0 Å². The molecule has 1 atom stereocenters. The molecule has 0 radical (unpaired) electrons. The monoisotopic (exact) mass is 492 g/mol. The molecule has 0 saturated heterocycles. The molecule has 1 amide bonds. The first-order valence-corrected chi connectivity index (χ1v) is 9.81. The lowest BCUT2D eigenvalue weighted by molar-refractivity contribution is -0.115. The third-order valence-electron chi connectivity index (χ3n) is 3.26. The van der Waals surface area contributed by atoms with Crippen LogP contribution >= 0.6 is 24.0 Å². The van der Waals surface area contributed by atoms with E-state index in [0.29, 0.717) is 23.6 Å². The van der Waals surface area contributed by atoms with Crippen LogP contribution in [0.3, 0.4) is 0 Å². The fourth-order valence-electron chi connectivity index (χ4n) is 1.95. The van der Waals surface area contributed by atoms with Crippen molar-refractivity contribution in [3.63, 3.8) is 0 Å². The molecule has 9 heteroatoms. The molecule has 0 aliphatic heterocycles. The molecule has 0 aromatic heterocycles. The smallest absolute Gasteiger partial charge is 0.243 e. The second kappa shape index (κ2) is 11.7. The zero-order chi connectivity index (χ0) is 18.9. The molecule has 1 aromatic rings. The van der Waals surface area contributed by atoms with E-state index in [9.17, 15) is 13.2 Å². The molecular weight excluding hydrogens is 467 g/mol. The molecule has 26 heavy (non-hydrogen) atoms. The Balaban J connectivity index is 0.00000625. The maximum Gasteiger partial charge on any atom is 0.243 e. The van der Waals surface area contributed by atoms with Crippen LogP contribution in [0.5, 0.6) is 0 Å². The highest BCUT2D eigenvalue weighted by molar-refractivity contribution is 14.0. The van der Waals surface area contributed by atoms with Crippen molar-refractivity contribution >= 4 is 51.4 Å². The number of benzene rings is 1. The zero-order valence-electron chi connectivity index (χ0n) is 15.1. The second-order valence-corrected chi connectivity index (χ2v) is 7.92. The molecule has 0 aliphatic carbocycles. The van der Waals surface area contributed by atoms with Gasteiger partial charge in [-0.25, -0.2) is 8.42 Å². The van der Waals surface area contributed by atoms with Crippen molar-refractivity contribution in [3.8, 4) is 12.3 Å².